The minimum atomic E-state index is -0.861. The molecular weight excluding hydrogens is 232 g/mol. The molecule has 1 N–H and O–H groups in total. The molecule has 1 amide bonds. The van der Waals surface area contributed by atoms with Crippen LogP contribution in [-0.2, 0) is 9.59 Å². The Hall–Kier alpha value is -1.10. The predicted molar refractivity (Wildman–Crippen MR) is 69.3 cm³/mol. The molecule has 0 aromatic rings. The van der Waals surface area contributed by atoms with Gasteiger partial charge in [-0.3, -0.25) is 14.5 Å². The summed E-state index contributed by atoms with van der Waals surface area (Å²) >= 11 is 0. The Morgan fingerprint density at radius 1 is 1.39 bits per heavy atom. The summed E-state index contributed by atoms with van der Waals surface area (Å²) in [5, 5.41) is 9.04. The van der Waals surface area contributed by atoms with E-state index in [0.29, 0.717) is 12.3 Å². The van der Waals surface area contributed by atoms with Gasteiger partial charge in [0.05, 0.1) is 6.54 Å². The molecule has 0 aromatic carbocycles. The lowest BCUT2D eigenvalue weighted by molar-refractivity contribution is -0.144. The van der Waals surface area contributed by atoms with Crippen molar-refractivity contribution in [1.82, 2.24) is 9.80 Å². The minimum Gasteiger partial charge on any atom is -0.480 e. The summed E-state index contributed by atoms with van der Waals surface area (Å²) in [6.45, 7) is 5.82. The van der Waals surface area contributed by atoms with Crippen molar-refractivity contribution in [3.05, 3.63) is 0 Å². The van der Waals surface area contributed by atoms with Gasteiger partial charge in [0.2, 0.25) is 5.91 Å². The summed E-state index contributed by atoms with van der Waals surface area (Å²) in [7, 11) is 1.70. The van der Waals surface area contributed by atoms with Gasteiger partial charge in [0.25, 0.3) is 0 Å². The number of hydrogen-bond acceptors (Lipinski definition) is 3. The molecule has 0 aromatic heterocycles. The fraction of sp³-hybridized carbons (Fsp3) is 0.846. The van der Waals surface area contributed by atoms with Crippen molar-refractivity contribution in [3.63, 3.8) is 0 Å². The SMILES string of the molecule is CCC(C(=O)O)N(C)CC(=O)N1CCC(C)CC1. The number of carbonyl (C=O) groups is 2. The quantitative estimate of drug-likeness (QED) is 0.798. The highest BCUT2D eigenvalue weighted by Gasteiger charge is 2.26. The largest absolute Gasteiger partial charge is 0.480 e. The Kier molecular flexibility index (Phi) is 5.59. The molecule has 5 nitrogen and oxygen atoms in total. The van der Waals surface area contributed by atoms with Crippen molar-refractivity contribution >= 4 is 11.9 Å². The van der Waals surface area contributed by atoms with Crippen LogP contribution in [0.25, 0.3) is 0 Å². The van der Waals surface area contributed by atoms with E-state index in [4.69, 9.17) is 5.11 Å². The van der Waals surface area contributed by atoms with E-state index in [1.807, 2.05) is 11.8 Å². The number of likely N-dealkylation sites (tertiary alicyclic amines) is 1. The first-order valence-corrected chi connectivity index (χ1v) is 6.66. The molecule has 1 atom stereocenters. The molecule has 0 radical (unpaired) electrons. The van der Waals surface area contributed by atoms with Crippen LogP contribution in [0.1, 0.15) is 33.1 Å². The van der Waals surface area contributed by atoms with E-state index in [1.165, 1.54) is 0 Å². The molecule has 0 spiro atoms. The zero-order valence-electron chi connectivity index (χ0n) is 11.6. The second-order valence-corrected chi connectivity index (χ2v) is 5.24. The molecule has 0 bridgehead atoms. The molecule has 1 fully saturated rings. The summed E-state index contributed by atoms with van der Waals surface area (Å²) in [6.07, 6.45) is 2.60. The fourth-order valence-electron chi connectivity index (χ4n) is 2.36. The summed E-state index contributed by atoms with van der Waals surface area (Å²) < 4.78 is 0. The van der Waals surface area contributed by atoms with Gasteiger partial charge in [0, 0.05) is 13.1 Å². The standard InChI is InChI=1S/C13H24N2O3/c1-4-11(13(17)18)14(3)9-12(16)15-7-5-10(2)6-8-15/h10-11H,4-9H2,1-3H3,(H,17,18). The Bertz CT molecular complexity index is 299. The first-order valence-electron chi connectivity index (χ1n) is 6.66. The Balaban J connectivity index is 2.46. The molecule has 1 unspecified atom stereocenters. The number of likely N-dealkylation sites (N-methyl/N-ethyl adjacent to an activating group) is 1. The van der Waals surface area contributed by atoms with E-state index in [2.05, 4.69) is 6.92 Å². The number of nitrogens with zero attached hydrogens (tertiary/aromatic N) is 2. The minimum absolute atomic E-state index is 0.0455. The highest BCUT2D eigenvalue weighted by atomic mass is 16.4. The van der Waals surface area contributed by atoms with Crippen LogP contribution < -0.4 is 0 Å². The van der Waals surface area contributed by atoms with E-state index < -0.39 is 12.0 Å². The van der Waals surface area contributed by atoms with Crippen LogP contribution in [0.15, 0.2) is 0 Å². The van der Waals surface area contributed by atoms with E-state index in [1.54, 1.807) is 11.9 Å². The monoisotopic (exact) mass is 256 g/mol. The fourth-order valence-corrected chi connectivity index (χ4v) is 2.36. The van der Waals surface area contributed by atoms with Crippen molar-refractivity contribution in [1.29, 1.82) is 0 Å². The zero-order valence-corrected chi connectivity index (χ0v) is 11.6. The summed E-state index contributed by atoms with van der Waals surface area (Å²) in [5.74, 6) is -0.127. The lowest BCUT2D eigenvalue weighted by Crippen LogP contribution is -2.47. The molecule has 18 heavy (non-hydrogen) atoms. The maximum Gasteiger partial charge on any atom is 0.320 e. The van der Waals surface area contributed by atoms with Gasteiger partial charge >= 0.3 is 5.97 Å². The summed E-state index contributed by atoms with van der Waals surface area (Å²) in [6, 6.07) is -0.572. The van der Waals surface area contributed by atoms with Crippen LogP contribution >= 0.6 is 0 Å². The number of carboxylic acid groups (broad SMARTS) is 1. The van der Waals surface area contributed by atoms with Gasteiger partial charge in [0.1, 0.15) is 6.04 Å². The van der Waals surface area contributed by atoms with Crippen LogP contribution in [0, 0.1) is 5.92 Å². The Labute approximate surface area is 109 Å². The van der Waals surface area contributed by atoms with E-state index in [0.717, 1.165) is 25.9 Å². The highest BCUT2D eigenvalue weighted by molar-refractivity contribution is 5.80. The van der Waals surface area contributed by atoms with Crippen LogP contribution in [0.5, 0.6) is 0 Å². The molecule has 1 aliphatic heterocycles. The Morgan fingerprint density at radius 3 is 2.39 bits per heavy atom. The number of amides is 1. The average molecular weight is 256 g/mol. The average Bonchev–Trinajstić information content (AvgIpc) is 2.29. The first-order chi connectivity index (χ1) is 8.45. The molecule has 5 heteroatoms. The maximum absolute atomic E-state index is 12.0. The molecular formula is C13H24N2O3. The normalized spacial score (nSPS) is 19.0. The number of rotatable bonds is 5. The molecule has 0 saturated carbocycles. The molecule has 1 aliphatic rings. The second-order valence-electron chi connectivity index (χ2n) is 5.24. The topological polar surface area (TPSA) is 60.9 Å². The number of carboxylic acids is 1. The lowest BCUT2D eigenvalue weighted by atomic mass is 9.99. The van der Waals surface area contributed by atoms with E-state index in [9.17, 15) is 9.59 Å². The van der Waals surface area contributed by atoms with Crippen molar-refractivity contribution in [3.8, 4) is 0 Å². The number of piperidine rings is 1. The summed E-state index contributed by atoms with van der Waals surface area (Å²) in [5.41, 5.74) is 0. The molecule has 104 valence electrons. The van der Waals surface area contributed by atoms with Crippen molar-refractivity contribution in [2.45, 2.75) is 39.2 Å². The highest BCUT2D eigenvalue weighted by Crippen LogP contribution is 2.16. The van der Waals surface area contributed by atoms with E-state index in [-0.39, 0.29) is 12.5 Å². The molecule has 1 rings (SSSR count). The van der Waals surface area contributed by atoms with E-state index >= 15 is 0 Å². The third-order valence-corrected chi connectivity index (χ3v) is 3.72. The third kappa shape index (κ3) is 3.98. The van der Waals surface area contributed by atoms with Crippen LogP contribution in [0.3, 0.4) is 0 Å². The van der Waals surface area contributed by atoms with Crippen molar-refractivity contribution in [2.24, 2.45) is 5.92 Å². The third-order valence-electron chi connectivity index (χ3n) is 3.72. The lowest BCUT2D eigenvalue weighted by Gasteiger charge is -2.32. The molecule has 0 aliphatic carbocycles. The van der Waals surface area contributed by atoms with Gasteiger partial charge in [-0.1, -0.05) is 13.8 Å². The first kappa shape index (κ1) is 15.0. The van der Waals surface area contributed by atoms with Gasteiger partial charge in [-0.2, -0.15) is 0 Å². The van der Waals surface area contributed by atoms with Crippen LogP contribution in [0.2, 0.25) is 0 Å². The predicted octanol–water partition coefficient (Wildman–Crippen LogP) is 1.04. The summed E-state index contributed by atoms with van der Waals surface area (Å²) in [4.78, 5) is 26.5. The maximum atomic E-state index is 12.0. The van der Waals surface area contributed by atoms with Gasteiger partial charge in [-0.05, 0) is 32.2 Å². The van der Waals surface area contributed by atoms with Crippen LogP contribution in [-0.4, -0.2) is 59.5 Å². The number of hydrogen-bond donors (Lipinski definition) is 1. The zero-order chi connectivity index (χ0) is 13.7. The van der Waals surface area contributed by atoms with Gasteiger partial charge in [0.15, 0.2) is 0 Å². The number of carbonyl (C=O) groups excluding carboxylic acids is 1. The van der Waals surface area contributed by atoms with Gasteiger partial charge < -0.3 is 10.0 Å². The van der Waals surface area contributed by atoms with Gasteiger partial charge in [-0.15, -0.1) is 0 Å². The molecule has 1 saturated heterocycles. The number of aliphatic carboxylic acids is 1. The Morgan fingerprint density at radius 2 is 1.94 bits per heavy atom. The van der Waals surface area contributed by atoms with Crippen molar-refractivity contribution in [2.75, 3.05) is 26.7 Å². The smallest absolute Gasteiger partial charge is 0.320 e. The van der Waals surface area contributed by atoms with Crippen LogP contribution in [0.4, 0.5) is 0 Å². The van der Waals surface area contributed by atoms with Crippen molar-refractivity contribution < 1.29 is 14.7 Å². The van der Waals surface area contributed by atoms with Gasteiger partial charge in [-0.25, -0.2) is 0 Å². The molecule has 1 heterocycles. The second kappa shape index (κ2) is 6.73.